The molecular formula is C25H29IN2O5. The van der Waals surface area contributed by atoms with Gasteiger partial charge >= 0.3 is 0 Å². The fourth-order valence-corrected chi connectivity index (χ4v) is 4.35. The van der Waals surface area contributed by atoms with Gasteiger partial charge in [-0.1, -0.05) is 49.4 Å². The van der Waals surface area contributed by atoms with E-state index in [4.69, 9.17) is 9.84 Å². The molecule has 0 saturated heterocycles. The number of nitrogens with zero attached hydrogens (tertiary/aromatic N) is 1. The van der Waals surface area contributed by atoms with E-state index in [1.54, 1.807) is 24.0 Å². The molecule has 8 heteroatoms. The Kier molecular flexibility index (Phi) is 9.28. The largest absolute Gasteiger partial charge is 0.482 e. The van der Waals surface area contributed by atoms with Crippen LogP contribution in [-0.4, -0.2) is 58.3 Å². The van der Waals surface area contributed by atoms with Crippen molar-refractivity contribution in [2.45, 2.75) is 44.6 Å². The first-order chi connectivity index (χ1) is 15.9. The molecule has 2 amide bonds. The van der Waals surface area contributed by atoms with Crippen LogP contribution in [0.1, 0.15) is 25.3 Å². The quantitative estimate of drug-likeness (QED) is 0.407. The summed E-state index contributed by atoms with van der Waals surface area (Å²) in [5, 5.41) is 23.1. The SMILES string of the molecule is CCC(=O)N(Cc1ccccc1)[C@@H]1CC(C(=O)NCCO)=C[C@H](Oc2ccccc2I)[C@H]1O. The molecule has 33 heavy (non-hydrogen) atoms. The number of benzene rings is 2. The van der Waals surface area contributed by atoms with Gasteiger partial charge in [-0.2, -0.15) is 0 Å². The maximum absolute atomic E-state index is 12.9. The highest BCUT2D eigenvalue weighted by Gasteiger charge is 2.40. The van der Waals surface area contributed by atoms with E-state index in [9.17, 15) is 14.7 Å². The Morgan fingerprint density at radius 1 is 1.15 bits per heavy atom. The van der Waals surface area contributed by atoms with Gasteiger partial charge in [0.2, 0.25) is 11.8 Å². The maximum Gasteiger partial charge on any atom is 0.247 e. The number of carbonyl (C=O) groups is 2. The maximum atomic E-state index is 12.9. The third-order valence-electron chi connectivity index (χ3n) is 5.53. The summed E-state index contributed by atoms with van der Waals surface area (Å²) in [5.41, 5.74) is 1.35. The molecular weight excluding hydrogens is 535 g/mol. The first-order valence-electron chi connectivity index (χ1n) is 11.0. The second kappa shape index (κ2) is 12.2. The van der Waals surface area contributed by atoms with Crippen molar-refractivity contribution in [3.05, 3.63) is 75.4 Å². The number of ether oxygens (including phenoxy) is 1. The van der Waals surface area contributed by atoms with Gasteiger partial charge in [0.05, 0.1) is 16.2 Å². The van der Waals surface area contributed by atoms with Crippen molar-refractivity contribution < 1.29 is 24.5 Å². The second-order valence-corrected chi connectivity index (χ2v) is 8.97. The number of nitrogens with one attached hydrogen (secondary N) is 1. The fraction of sp³-hybridized carbons (Fsp3) is 0.360. The van der Waals surface area contributed by atoms with Crippen LogP contribution in [0.2, 0.25) is 0 Å². The van der Waals surface area contributed by atoms with Gasteiger partial charge < -0.3 is 25.2 Å². The highest BCUT2D eigenvalue weighted by Crippen LogP contribution is 2.30. The second-order valence-electron chi connectivity index (χ2n) is 7.81. The Morgan fingerprint density at radius 2 is 1.85 bits per heavy atom. The highest BCUT2D eigenvalue weighted by molar-refractivity contribution is 14.1. The lowest BCUT2D eigenvalue weighted by Gasteiger charge is -2.40. The smallest absolute Gasteiger partial charge is 0.247 e. The van der Waals surface area contributed by atoms with Crippen molar-refractivity contribution in [3.63, 3.8) is 0 Å². The van der Waals surface area contributed by atoms with E-state index >= 15 is 0 Å². The van der Waals surface area contributed by atoms with E-state index < -0.39 is 18.2 Å². The molecule has 0 radical (unpaired) electrons. The predicted molar refractivity (Wildman–Crippen MR) is 133 cm³/mol. The number of aliphatic hydroxyl groups excluding tert-OH is 2. The summed E-state index contributed by atoms with van der Waals surface area (Å²) < 4.78 is 7.00. The minimum Gasteiger partial charge on any atom is -0.482 e. The van der Waals surface area contributed by atoms with Crippen molar-refractivity contribution in [2.75, 3.05) is 13.2 Å². The molecule has 1 aliphatic rings. The minimum absolute atomic E-state index is 0.118. The molecule has 0 fully saturated rings. The molecule has 2 aromatic rings. The minimum atomic E-state index is -1.03. The lowest BCUT2D eigenvalue weighted by molar-refractivity contribution is -0.139. The topological polar surface area (TPSA) is 99.1 Å². The van der Waals surface area contributed by atoms with E-state index in [0.29, 0.717) is 17.9 Å². The Labute approximate surface area is 207 Å². The third-order valence-corrected chi connectivity index (χ3v) is 6.42. The first-order valence-corrected chi connectivity index (χ1v) is 12.0. The van der Waals surface area contributed by atoms with E-state index in [1.807, 2.05) is 48.5 Å². The average molecular weight is 564 g/mol. The summed E-state index contributed by atoms with van der Waals surface area (Å²) in [5.74, 6) is 0.125. The van der Waals surface area contributed by atoms with E-state index in [0.717, 1.165) is 9.13 Å². The van der Waals surface area contributed by atoms with Crippen LogP contribution >= 0.6 is 22.6 Å². The van der Waals surface area contributed by atoms with Crippen molar-refractivity contribution in [1.29, 1.82) is 0 Å². The summed E-state index contributed by atoms with van der Waals surface area (Å²) >= 11 is 2.15. The number of amides is 2. The molecule has 7 nitrogen and oxygen atoms in total. The monoisotopic (exact) mass is 564 g/mol. The Hall–Kier alpha value is -2.43. The van der Waals surface area contributed by atoms with Gasteiger partial charge in [-0.15, -0.1) is 0 Å². The van der Waals surface area contributed by atoms with Crippen LogP contribution in [-0.2, 0) is 16.1 Å². The number of hydrogen-bond donors (Lipinski definition) is 3. The molecule has 0 heterocycles. The van der Waals surface area contributed by atoms with E-state index in [2.05, 4.69) is 27.9 Å². The Morgan fingerprint density at radius 3 is 2.52 bits per heavy atom. The highest BCUT2D eigenvalue weighted by atomic mass is 127. The van der Waals surface area contributed by atoms with Gasteiger partial charge in [-0.3, -0.25) is 9.59 Å². The molecule has 176 valence electrons. The lowest BCUT2D eigenvalue weighted by Crippen LogP contribution is -2.54. The van der Waals surface area contributed by atoms with Crippen LogP contribution in [0.5, 0.6) is 5.75 Å². The number of carbonyl (C=O) groups excluding carboxylic acids is 2. The molecule has 0 aromatic heterocycles. The first kappa shape index (κ1) is 25.2. The van der Waals surface area contributed by atoms with Crippen LogP contribution in [0.3, 0.4) is 0 Å². The zero-order valence-corrected chi connectivity index (χ0v) is 20.6. The van der Waals surface area contributed by atoms with Crippen molar-refractivity contribution in [3.8, 4) is 5.75 Å². The van der Waals surface area contributed by atoms with E-state index in [-0.39, 0.29) is 37.8 Å². The molecule has 2 aromatic carbocycles. The molecule has 1 aliphatic carbocycles. The summed E-state index contributed by atoms with van der Waals surface area (Å²) in [7, 11) is 0. The van der Waals surface area contributed by atoms with Gasteiger partial charge in [-0.05, 0) is 46.4 Å². The molecule has 0 saturated carbocycles. The third kappa shape index (κ3) is 6.55. The van der Waals surface area contributed by atoms with Crippen molar-refractivity contribution in [1.82, 2.24) is 10.2 Å². The summed E-state index contributed by atoms with van der Waals surface area (Å²) in [6, 6.07) is 16.3. The number of aliphatic hydroxyl groups is 2. The molecule has 0 bridgehead atoms. The lowest BCUT2D eigenvalue weighted by atomic mass is 9.87. The van der Waals surface area contributed by atoms with Crippen molar-refractivity contribution in [2.24, 2.45) is 0 Å². The zero-order valence-electron chi connectivity index (χ0n) is 18.5. The zero-order chi connectivity index (χ0) is 23.8. The normalized spacial score (nSPS) is 20.0. The fourth-order valence-electron chi connectivity index (χ4n) is 3.84. The van der Waals surface area contributed by atoms with Gasteiger partial charge in [0.25, 0.3) is 0 Å². The van der Waals surface area contributed by atoms with Crippen LogP contribution in [0.25, 0.3) is 0 Å². The van der Waals surface area contributed by atoms with Crippen LogP contribution in [0.4, 0.5) is 0 Å². The standard InChI is InChI=1S/C25H29IN2O5/c1-2-23(30)28(16-17-8-4-3-5-9-17)20-14-18(25(32)27-12-13-29)15-22(24(20)31)33-21-11-7-6-10-19(21)26/h3-11,15,20,22,24,29,31H,2,12-14,16H2,1H3,(H,27,32)/t20-,22+,24+/m1/s1. The van der Waals surface area contributed by atoms with Crippen LogP contribution in [0.15, 0.2) is 66.2 Å². The summed E-state index contributed by atoms with van der Waals surface area (Å²) in [4.78, 5) is 27.3. The van der Waals surface area contributed by atoms with Crippen LogP contribution < -0.4 is 10.1 Å². The Bertz CT molecular complexity index is 982. The van der Waals surface area contributed by atoms with Crippen molar-refractivity contribution >= 4 is 34.4 Å². The van der Waals surface area contributed by atoms with Gasteiger partial charge in [0, 0.05) is 31.5 Å². The van der Waals surface area contributed by atoms with Crippen LogP contribution in [0, 0.1) is 3.57 Å². The number of halogens is 1. The van der Waals surface area contributed by atoms with E-state index in [1.165, 1.54) is 0 Å². The molecule has 3 rings (SSSR count). The molecule has 3 N–H and O–H groups in total. The molecule has 0 spiro atoms. The van der Waals surface area contributed by atoms with Gasteiger partial charge in [0.1, 0.15) is 18.0 Å². The Balaban J connectivity index is 1.94. The number of rotatable bonds is 9. The number of para-hydroxylation sites is 1. The van der Waals surface area contributed by atoms with Gasteiger partial charge in [0.15, 0.2) is 0 Å². The molecule has 3 atom stereocenters. The molecule has 0 unspecified atom stereocenters. The summed E-state index contributed by atoms with van der Waals surface area (Å²) in [6.45, 7) is 2.03. The van der Waals surface area contributed by atoms with Gasteiger partial charge in [-0.25, -0.2) is 0 Å². The average Bonchev–Trinajstić information content (AvgIpc) is 2.84. The predicted octanol–water partition coefficient (Wildman–Crippen LogP) is 2.65. The number of hydrogen-bond acceptors (Lipinski definition) is 5. The summed E-state index contributed by atoms with van der Waals surface area (Å²) in [6.07, 6.45) is 0.220. The molecule has 0 aliphatic heterocycles.